The van der Waals surface area contributed by atoms with E-state index >= 15 is 0 Å². The quantitative estimate of drug-likeness (QED) is 0.122. The van der Waals surface area contributed by atoms with E-state index in [0.717, 1.165) is 25.0 Å². The molecule has 2 heteroatoms. The third-order valence-electron chi connectivity index (χ3n) is 10.6. The third kappa shape index (κ3) is 24.6. The summed E-state index contributed by atoms with van der Waals surface area (Å²) >= 11 is 0. The van der Waals surface area contributed by atoms with Crippen LogP contribution in [0.1, 0.15) is 50.1 Å². The molecule has 0 aromatic heterocycles. The molecule has 0 fully saturated rings. The lowest BCUT2D eigenvalue weighted by atomic mass is 10.0. The van der Waals surface area contributed by atoms with Gasteiger partial charge in [0.2, 0.25) is 0 Å². The fraction of sp³-hybridized carbons (Fsp3) is 0.118. The third-order valence-corrected chi connectivity index (χ3v) is 10.6. The van der Waals surface area contributed by atoms with Gasteiger partial charge in [-0.3, -0.25) is 0 Å². The molecule has 70 heavy (non-hydrogen) atoms. The minimum absolute atomic E-state index is 0.630. The van der Waals surface area contributed by atoms with Crippen LogP contribution in [0.3, 0.4) is 0 Å². The standard InChI is InChI=1S/C14H14O.C14H14.C13H12O.C13H12.2C7H8/c1-3-7-13(8-4-1)11-15-12-14-9-5-2-6-10-14;1-3-7-13(8-4-1)11-12-14-9-5-2-6-10-14;1-3-7-12(8-4-1)11-14-13-9-5-2-6-10-13;1-3-7-12(8-4-1)11-13-9-5-2-6-10-13;2*1-7-5-3-2-4-6-7/h1-10H,11-12H2;1-10H,11-12H2;1-10H,11H2;1-10H,11H2;2*2-6H,1H3. The van der Waals surface area contributed by atoms with Crippen LogP contribution in [0.5, 0.6) is 5.75 Å². The summed E-state index contributed by atoms with van der Waals surface area (Å²) in [6, 6.07) is 103. The second-order valence-corrected chi connectivity index (χ2v) is 16.5. The predicted octanol–water partition coefficient (Wildman–Crippen LogP) is 17.4. The van der Waals surface area contributed by atoms with E-state index in [1.54, 1.807) is 0 Å². The first-order valence-corrected chi connectivity index (χ1v) is 24.2. The lowest BCUT2D eigenvalue weighted by molar-refractivity contribution is 0.107. The zero-order valence-corrected chi connectivity index (χ0v) is 40.9. The Kier molecular flexibility index (Phi) is 25.9. The molecule has 0 N–H and O–H groups in total. The van der Waals surface area contributed by atoms with Crippen LogP contribution in [0, 0.1) is 13.8 Å². The highest BCUT2D eigenvalue weighted by Gasteiger charge is 1.96. The fourth-order valence-corrected chi connectivity index (χ4v) is 6.77. The van der Waals surface area contributed by atoms with Crippen LogP contribution in [0.25, 0.3) is 0 Å². The van der Waals surface area contributed by atoms with Gasteiger partial charge in [0.05, 0.1) is 13.2 Å². The first-order chi connectivity index (χ1) is 34.6. The summed E-state index contributed by atoms with van der Waals surface area (Å²) in [5, 5.41) is 0. The van der Waals surface area contributed by atoms with Crippen molar-refractivity contribution in [2.24, 2.45) is 0 Å². The minimum atomic E-state index is 0.630. The smallest absolute Gasteiger partial charge is 0.119 e. The van der Waals surface area contributed by atoms with E-state index in [1.165, 1.54) is 50.1 Å². The van der Waals surface area contributed by atoms with Crippen LogP contribution < -0.4 is 4.74 Å². The molecular formula is C68H68O2. The first-order valence-electron chi connectivity index (χ1n) is 24.2. The van der Waals surface area contributed by atoms with Gasteiger partial charge < -0.3 is 9.47 Å². The van der Waals surface area contributed by atoms with Gasteiger partial charge in [-0.2, -0.15) is 0 Å². The maximum absolute atomic E-state index is 5.61. The van der Waals surface area contributed by atoms with Crippen LogP contribution in [-0.4, -0.2) is 0 Å². The van der Waals surface area contributed by atoms with Crippen molar-refractivity contribution < 1.29 is 9.47 Å². The van der Waals surface area contributed by atoms with Gasteiger partial charge in [-0.1, -0.05) is 302 Å². The highest BCUT2D eigenvalue weighted by atomic mass is 16.5. The maximum Gasteiger partial charge on any atom is 0.119 e. The molecule has 0 aliphatic carbocycles. The van der Waals surface area contributed by atoms with Crippen molar-refractivity contribution in [2.75, 3.05) is 0 Å². The molecular weight excluding hydrogens is 849 g/mol. The van der Waals surface area contributed by atoms with Gasteiger partial charge in [-0.15, -0.1) is 0 Å². The second-order valence-electron chi connectivity index (χ2n) is 16.5. The van der Waals surface area contributed by atoms with E-state index in [-0.39, 0.29) is 0 Å². The highest BCUT2D eigenvalue weighted by molar-refractivity contribution is 5.26. The average molecular weight is 917 g/mol. The van der Waals surface area contributed by atoms with Crippen LogP contribution in [0.4, 0.5) is 0 Å². The van der Waals surface area contributed by atoms with E-state index in [2.05, 4.69) is 196 Å². The summed E-state index contributed by atoms with van der Waals surface area (Å²) in [7, 11) is 0. The first kappa shape index (κ1) is 52.9. The largest absolute Gasteiger partial charge is 0.489 e. The molecule has 0 heterocycles. The van der Waals surface area contributed by atoms with E-state index in [9.17, 15) is 0 Å². The molecule has 10 rings (SSSR count). The van der Waals surface area contributed by atoms with E-state index in [1.807, 2.05) is 121 Å². The molecule has 0 radical (unpaired) electrons. The second kappa shape index (κ2) is 34.3. The Morgan fingerprint density at radius 2 is 0.457 bits per heavy atom. The van der Waals surface area contributed by atoms with Crippen molar-refractivity contribution >= 4 is 0 Å². The fourth-order valence-electron chi connectivity index (χ4n) is 6.77. The Hall–Kier alpha value is -8.04. The van der Waals surface area contributed by atoms with Crippen LogP contribution in [0.2, 0.25) is 0 Å². The zero-order valence-electron chi connectivity index (χ0n) is 40.9. The van der Waals surface area contributed by atoms with Gasteiger partial charge in [-0.05, 0) is 84.2 Å². The molecule has 0 atom stereocenters. The van der Waals surface area contributed by atoms with E-state index in [4.69, 9.17) is 9.47 Å². The zero-order chi connectivity index (χ0) is 48.8. The van der Waals surface area contributed by atoms with Crippen LogP contribution >= 0.6 is 0 Å². The molecule has 0 aliphatic heterocycles. The van der Waals surface area contributed by atoms with Gasteiger partial charge in [0.25, 0.3) is 0 Å². The summed E-state index contributed by atoms with van der Waals surface area (Å²) in [5.41, 5.74) is 11.8. The van der Waals surface area contributed by atoms with Gasteiger partial charge in [0.1, 0.15) is 12.4 Å². The Labute approximate surface area is 419 Å². The van der Waals surface area contributed by atoms with Gasteiger partial charge in [0.15, 0.2) is 0 Å². The van der Waals surface area contributed by atoms with Gasteiger partial charge >= 0.3 is 0 Å². The van der Waals surface area contributed by atoms with Crippen molar-refractivity contribution in [3.8, 4) is 5.75 Å². The number of para-hydroxylation sites is 1. The molecule has 0 bridgehead atoms. The Bertz CT molecular complexity index is 2430. The predicted molar refractivity (Wildman–Crippen MR) is 297 cm³/mol. The summed E-state index contributed by atoms with van der Waals surface area (Å²) in [6.07, 6.45) is 3.29. The van der Waals surface area contributed by atoms with Crippen molar-refractivity contribution in [2.45, 2.75) is 52.9 Å². The average Bonchev–Trinajstić information content (AvgIpc) is 3.43. The monoisotopic (exact) mass is 917 g/mol. The minimum Gasteiger partial charge on any atom is -0.489 e. The van der Waals surface area contributed by atoms with E-state index < -0.39 is 0 Å². The molecule has 352 valence electrons. The van der Waals surface area contributed by atoms with Gasteiger partial charge in [-0.25, -0.2) is 0 Å². The molecule has 0 amide bonds. The summed E-state index contributed by atoms with van der Waals surface area (Å²) in [5.74, 6) is 0.913. The molecule has 0 spiro atoms. The Morgan fingerprint density at radius 3 is 0.729 bits per heavy atom. The van der Waals surface area contributed by atoms with Crippen molar-refractivity contribution in [3.05, 3.63) is 353 Å². The molecule has 10 aromatic rings. The number of aryl methyl sites for hydroxylation is 4. The summed E-state index contributed by atoms with van der Waals surface area (Å²) < 4.78 is 11.2. The SMILES string of the molecule is Cc1ccccc1.Cc1ccccc1.c1ccc(CCc2ccccc2)cc1.c1ccc(COCc2ccccc2)cc1.c1ccc(COc2ccccc2)cc1.c1ccc(Cc2ccccc2)cc1. The van der Waals surface area contributed by atoms with Crippen LogP contribution in [-0.2, 0) is 43.8 Å². The summed E-state index contributed by atoms with van der Waals surface area (Å²) in [6.45, 7) is 6.15. The molecule has 0 saturated carbocycles. The molecule has 10 aromatic carbocycles. The number of benzene rings is 10. The lowest BCUT2D eigenvalue weighted by Gasteiger charge is -2.05. The number of hydrogen-bond acceptors (Lipinski definition) is 2. The molecule has 0 saturated heterocycles. The van der Waals surface area contributed by atoms with Crippen molar-refractivity contribution in [3.63, 3.8) is 0 Å². The molecule has 0 aliphatic rings. The van der Waals surface area contributed by atoms with E-state index in [0.29, 0.717) is 19.8 Å². The van der Waals surface area contributed by atoms with Gasteiger partial charge in [0, 0.05) is 0 Å². The number of rotatable bonds is 12. The molecule has 2 nitrogen and oxygen atoms in total. The number of hydrogen-bond donors (Lipinski definition) is 0. The van der Waals surface area contributed by atoms with Crippen molar-refractivity contribution in [1.29, 1.82) is 0 Å². The highest BCUT2D eigenvalue weighted by Crippen LogP contribution is 2.12. The normalized spacial score (nSPS) is 9.69. The lowest BCUT2D eigenvalue weighted by Crippen LogP contribution is -1.94. The topological polar surface area (TPSA) is 18.5 Å². The Morgan fingerprint density at radius 1 is 0.229 bits per heavy atom. The van der Waals surface area contributed by atoms with Crippen molar-refractivity contribution in [1.82, 2.24) is 0 Å². The summed E-state index contributed by atoms with van der Waals surface area (Å²) in [4.78, 5) is 0. The Balaban J connectivity index is 0.000000160. The molecule has 0 unspecified atom stereocenters. The maximum atomic E-state index is 5.61. The van der Waals surface area contributed by atoms with Crippen LogP contribution in [0.15, 0.2) is 303 Å². The number of ether oxygens (including phenoxy) is 2.